The second-order valence-electron chi connectivity index (χ2n) is 7.04. The zero-order chi connectivity index (χ0) is 19.1. The maximum atomic E-state index is 12.7. The van der Waals surface area contributed by atoms with E-state index in [1.807, 2.05) is 60.3 Å². The van der Waals surface area contributed by atoms with Crippen molar-refractivity contribution in [2.45, 2.75) is 13.1 Å². The van der Waals surface area contributed by atoms with Crippen molar-refractivity contribution in [1.29, 1.82) is 0 Å². The first-order valence-corrected chi connectivity index (χ1v) is 9.22. The van der Waals surface area contributed by atoms with Crippen LogP contribution < -0.4 is 0 Å². The van der Waals surface area contributed by atoms with Gasteiger partial charge in [0.05, 0.1) is 6.54 Å². The predicted molar refractivity (Wildman–Crippen MR) is 111 cm³/mol. The molecule has 0 saturated heterocycles. The van der Waals surface area contributed by atoms with Crippen LogP contribution in [0.5, 0.6) is 0 Å². The zero-order valence-corrected chi connectivity index (χ0v) is 16.0. The Bertz CT molecular complexity index is 843. The molecule has 0 aromatic heterocycles. The molecule has 0 atom stereocenters. The molecule has 0 bridgehead atoms. The minimum atomic E-state index is 0.135. The zero-order valence-electron chi connectivity index (χ0n) is 16.0. The van der Waals surface area contributed by atoms with Gasteiger partial charge in [-0.2, -0.15) is 0 Å². The minimum Gasteiger partial charge on any atom is -0.333 e. The molecule has 1 amide bonds. The Morgan fingerprint density at radius 2 is 1.15 bits per heavy atom. The fourth-order valence-electron chi connectivity index (χ4n) is 3.06. The van der Waals surface area contributed by atoms with Crippen LogP contribution in [0.1, 0.15) is 11.1 Å². The summed E-state index contributed by atoms with van der Waals surface area (Å²) in [5.74, 6) is 0.135. The highest BCUT2D eigenvalue weighted by molar-refractivity contribution is 5.78. The maximum Gasteiger partial charge on any atom is 0.237 e. The summed E-state index contributed by atoms with van der Waals surface area (Å²) in [4.78, 5) is 16.6. The monoisotopic (exact) mass is 358 g/mol. The van der Waals surface area contributed by atoms with Gasteiger partial charge in [-0.1, -0.05) is 84.9 Å². The lowest BCUT2D eigenvalue weighted by molar-refractivity contribution is -0.133. The first kappa shape index (κ1) is 18.9. The molecular weight excluding hydrogens is 332 g/mol. The van der Waals surface area contributed by atoms with Crippen molar-refractivity contribution in [3.05, 3.63) is 96.1 Å². The lowest BCUT2D eigenvalue weighted by atomic mass is 10.0. The van der Waals surface area contributed by atoms with Crippen molar-refractivity contribution < 1.29 is 4.79 Å². The molecule has 3 aromatic carbocycles. The molecule has 27 heavy (non-hydrogen) atoms. The molecule has 3 aromatic rings. The molecule has 0 N–H and O–H groups in total. The van der Waals surface area contributed by atoms with Gasteiger partial charge < -0.3 is 9.80 Å². The van der Waals surface area contributed by atoms with Gasteiger partial charge >= 0.3 is 0 Å². The van der Waals surface area contributed by atoms with Crippen molar-refractivity contribution in [2.75, 3.05) is 20.6 Å². The van der Waals surface area contributed by atoms with Crippen LogP contribution in [0.25, 0.3) is 11.1 Å². The van der Waals surface area contributed by atoms with Gasteiger partial charge in [0, 0.05) is 13.1 Å². The van der Waals surface area contributed by atoms with Gasteiger partial charge in [0.2, 0.25) is 5.91 Å². The number of hydrogen-bond donors (Lipinski definition) is 0. The Morgan fingerprint density at radius 3 is 1.70 bits per heavy atom. The molecule has 0 aliphatic heterocycles. The van der Waals surface area contributed by atoms with E-state index >= 15 is 0 Å². The highest BCUT2D eigenvalue weighted by atomic mass is 16.2. The Hall–Kier alpha value is -2.91. The van der Waals surface area contributed by atoms with Crippen LogP contribution in [0.15, 0.2) is 84.9 Å². The van der Waals surface area contributed by atoms with E-state index < -0.39 is 0 Å². The quantitative estimate of drug-likeness (QED) is 0.623. The molecule has 0 unspecified atom stereocenters. The van der Waals surface area contributed by atoms with Crippen LogP contribution in [0, 0.1) is 0 Å². The van der Waals surface area contributed by atoms with E-state index in [1.165, 1.54) is 11.1 Å². The summed E-state index contributed by atoms with van der Waals surface area (Å²) in [6, 6.07) is 29.0. The van der Waals surface area contributed by atoms with Crippen LogP contribution in [0.4, 0.5) is 0 Å². The fraction of sp³-hybridized carbons (Fsp3) is 0.208. The first-order chi connectivity index (χ1) is 13.1. The number of nitrogens with zero attached hydrogens (tertiary/aromatic N) is 2. The maximum absolute atomic E-state index is 12.7. The third kappa shape index (κ3) is 5.53. The SMILES string of the molecule is CN(C)CC(=O)N(Cc1ccccc1)Cc1ccc(-c2ccccc2)cc1. The summed E-state index contributed by atoms with van der Waals surface area (Å²) in [6.07, 6.45) is 0. The van der Waals surface area contributed by atoms with Crippen molar-refractivity contribution in [3.8, 4) is 11.1 Å². The Kier molecular flexibility index (Phi) is 6.39. The molecule has 3 rings (SSSR count). The first-order valence-electron chi connectivity index (χ1n) is 9.22. The molecule has 3 heteroatoms. The number of hydrogen-bond acceptors (Lipinski definition) is 2. The number of carbonyl (C=O) groups excluding carboxylic acids is 1. The highest BCUT2D eigenvalue weighted by Gasteiger charge is 2.15. The molecule has 0 aliphatic rings. The molecule has 0 saturated carbocycles. The largest absolute Gasteiger partial charge is 0.333 e. The van der Waals surface area contributed by atoms with Gasteiger partial charge in [-0.05, 0) is 36.3 Å². The Balaban J connectivity index is 1.75. The number of carbonyl (C=O) groups is 1. The van der Waals surface area contributed by atoms with Gasteiger partial charge in [-0.25, -0.2) is 0 Å². The molecule has 138 valence electrons. The topological polar surface area (TPSA) is 23.6 Å². The highest BCUT2D eigenvalue weighted by Crippen LogP contribution is 2.20. The third-order valence-corrected chi connectivity index (χ3v) is 4.45. The number of benzene rings is 3. The lowest BCUT2D eigenvalue weighted by Crippen LogP contribution is -2.37. The van der Waals surface area contributed by atoms with Crippen molar-refractivity contribution in [2.24, 2.45) is 0 Å². The average molecular weight is 358 g/mol. The fourth-order valence-corrected chi connectivity index (χ4v) is 3.06. The summed E-state index contributed by atoms with van der Waals surface area (Å²) < 4.78 is 0. The predicted octanol–water partition coefficient (Wildman–Crippen LogP) is 4.44. The standard InChI is InChI=1S/C24H26N2O/c1-25(2)19-24(27)26(17-20-9-5-3-6-10-20)18-21-13-15-23(16-14-21)22-11-7-4-8-12-22/h3-16H,17-19H2,1-2H3. The van der Waals surface area contributed by atoms with E-state index in [0.717, 1.165) is 11.1 Å². The lowest BCUT2D eigenvalue weighted by Gasteiger charge is -2.25. The van der Waals surface area contributed by atoms with Crippen molar-refractivity contribution in [1.82, 2.24) is 9.80 Å². The van der Waals surface area contributed by atoms with Gasteiger partial charge in [0.25, 0.3) is 0 Å². The number of rotatable bonds is 7. The average Bonchev–Trinajstić information content (AvgIpc) is 2.69. The van der Waals surface area contributed by atoms with Crippen LogP contribution >= 0.6 is 0 Å². The van der Waals surface area contributed by atoms with E-state index in [-0.39, 0.29) is 5.91 Å². The molecule has 0 fully saturated rings. The summed E-state index contributed by atoms with van der Waals surface area (Å²) in [5, 5.41) is 0. The van der Waals surface area contributed by atoms with E-state index in [2.05, 4.69) is 48.5 Å². The van der Waals surface area contributed by atoms with Crippen molar-refractivity contribution in [3.63, 3.8) is 0 Å². The second-order valence-corrected chi connectivity index (χ2v) is 7.04. The number of amides is 1. The van der Waals surface area contributed by atoms with E-state index in [1.54, 1.807) is 0 Å². The molecule has 0 spiro atoms. The van der Waals surface area contributed by atoms with E-state index in [4.69, 9.17) is 0 Å². The Morgan fingerprint density at radius 1 is 0.667 bits per heavy atom. The molecule has 3 nitrogen and oxygen atoms in total. The van der Waals surface area contributed by atoms with Crippen molar-refractivity contribution >= 4 is 5.91 Å². The van der Waals surface area contributed by atoms with Crippen LogP contribution in [0.3, 0.4) is 0 Å². The number of likely N-dealkylation sites (N-methyl/N-ethyl adjacent to an activating group) is 1. The smallest absolute Gasteiger partial charge is 0.237 e. The minimum absolute atomic E-state index is 0.135. The van der Waals surface area contributed by atoms with Crippen LogP contribution in [-0.4, -0.2) is 36.3 Å². The van der Waals surface area contributed by atoms with E-state index in [9.17, 15) is 4.79 Å². The second kappa shape index (κ2) is 9.15. The summed E-state index contributed by atoms with van der Waals surface area (Å²) >= 11 is 0. The molecular formula is C24H26N2O. The molecule has 0 radical (unpaired) electrons. The van der Waals surface area contributed by atoms with Gasteiger partial charge in [0.1, 0.15) is 0 Å². The molecule has 0 heterocycles. The van der Waals surface area contributed by atoms with E-state index in [0.29, 0.717) is 19.6 Å². The summed E-state index contributed by atoms with van der Waals surface area (Å²) in [7, 11) is 3.85. The van der Waals surface area contributed by atoms with Gasteiger partial charge in [-0.3, -0.25) is 4.79 Å². The normalized spacial score (nSPS) is 10.8. The Labute approximate surface area is 161 Å². The molecule has 0 aliphatic carbocycles. The van der Waals surface area contributed by atoms with Gasteiger partial charge in [-0.15, -0.1) is 0 Å². The summed E-state index contributed by atoms with van der Waals surface area (Å²) in [6.45, 7) is 1.64. The van der Waals surface area contributed by atoms with Crippen LogP contribution in [0.2, 0.25) is 0 Å². The third-order valence-electron chi connectivity index (χ3n) is 4.45. The summed E-state index contributed by atoms with van der Waals surface area (Å²) in [5.41, 5.74) is 4.67. The van der Waals surface area contributed by atoms with Crippen LogP contribution in [-0.2, 0) is 17.9 Å². The van der Waals surface area contributed by atoms with Gasteiger partial charge in [0.15, 0.2) is 0 Å².